The highest BCUT2D eigenvalue weighted by Gasteiger charge is 2.07. The predicted molar refractivity (Wildman–Crippen MR) is 64.3 cm³/mol. The van der Waals surface area contributed by atoms with Gasteiger partial charge in [0.2, 0.25) is 0 Å². The summed E-state index contributed by atoms with van der Waals surface area (Å²) in [4.78, 5) is 14.3. The van der Waals surface area contributed by atoms with Crippen LogP contribution >= 0.6 is 0 Å². The fourth-order valence-electron chi connectivity index (χ4n) is 1.62. The zero-order valence-corrected chi connectivity index (χ0v) is 9.74. The van der Waals surface area contributed by atoms with Crippen molar-refractivity contribution in [3.63, 3.8) is 0 Å². The van der Waals surface area contributed by atoms with Crippen molar-refractivity contribution in [1.82, 2.24) is 24.4 Å². The number of aliphatic hydroxyl groups excluding tert-OH is 1. The third-order valence-electron chi connectivity index (χ3n) is 2.63. The van der Waals surface area contributed by atoms with Gasteiger partial charge in [-0.15, -0.1) is 0 Å². The first-order valence-electron chi connectivity index (χ1n) is 5.43. The summed E-state index contributed by atoms with van der Waals surface area (Å²) in [6.07, 6.45) is 3.15. The Balaban J connectivity index is 2.12. The van der Waals surface area contributed by atoms with E-state index >= 15 is 0 Å². The number of hydrogen-bond donors (Lipinski definition) is 2. The van der Waals surface area contributed by atoms with Crippen LogP contribution in [-0.4, -0.2) is 56.3 Å². The number of nitrogen functional groups attached to an aromatic ring is 1. The van der Waals surface area contributed by atoms with Gasteiger partial charge in [-0.2, -0.15) is 0 Å². The first-order valence-corrected chi connectivity index (χ1v) is 5.43. The fraction of sp³-hybridized carbons (Fsp3) is 0.500. The molecule has 2 aromatic heterocycles. The number of hydrogen-bond acceptors (Lipinski definition) is 6. The molecule has 0 unspecified atom stereocenters. The van der Waals surface area contributed by atoms with Crippen molar-refractivity contribution >= 4 is 17.0 Å². The summed E-state index contributed by atoms with van der Waals surface area (Å²) in [5.74, 6) is 0.400. The number of nitrogens with two attached hydrogens (primary N) is 1. The van der Waals surface area contributed by atoms with Crippen LogP contribution in [0.25, 0.3) is 11.2 Å². The lowest BCUT2D eigenvalue weighted by molar-refractivity contribution is 0.217. The molecule has 0 saturated carbocycles. The minimum atomic E-state index is 0.163. The van der Waals surface area contributed by atoms with Crippen molar-refractivity contribution in [2.45, 2.75) is 6.54 Å². The number of anilines is 1. The van der Waals surface area contributed by atoms with Gasteiger partial charge in [-0.1, -0.05) is 0 Å². The van der Waals surface area contributed by atoms with E-state index < -0.39 is 0 Å². The highest BCUT2D eigenvalue weighted by molar-refractivity contribution is 5.80. The zero-order chi connectivity index (χ0) is 12.3. The molecule has 0 aromatic carbocycles. The maximum absolute atomic E-state index is 8.80. The fourth-order valence-corrected chi connectivity index (χ4v) is 1.62. The lowest BCUT2D eigenvalue weighted by Crippen LogP contribution is -2.26. The molecular weight excluding hydrogens is 220 g/mol. The van der Waals surface area contributed by atoms with Gasteiger partial charge in [0.25, 0.3) is 0 Å². The summed E-state index contributed by atoms with van der Waals surface area (Å²) in [5.41, 5.74) is 7.08. The number of rotatable bonds is 5. The molecule has 2 heterocycles. The minimum absolute atomic E-state index is 0.163. The normalized spacial score (nSPS) is 11.5. The summed E-state index contributed by atoms with van der Waals surface area (Å²) in [5, 5.41) is 8.80. The van der Waals surface area contributed by atoms with Crippen LogP contribution < -0.4 is 5.73 Å². The lowest BCUT2D eigenvalue weighted by atomic mass is 10.4. The van der Waals surface area contributed by atoms with Crippen molar-refractivity contribution in [1.29, 1.82) is 0 Å². The van der Waals surface area contributed by atoms with Crippen LogP contribution in [0.2, 0.25) is 0 Å². The summed E-state index contributed by atoms with van der Waals surface area (Å²) in [6.45, 7) is 2.39. The Hall–Kier alpha value is -1.73. The largest absolute Gasteiger partial charge is 0.395 e. The van der Waals surface area contributed by atoms with E-state index in [1.54, 1.807) is 6.33 Å². The van der Waals surface area contributed by atoms with E-state index in [0.29, 0.717) is 17.9 Å². The average Bonchev–Trinajstić information content (AvgIpc) is 2.72. The predicted octanol–water partition coefficient (Wildman–Crippen LogP) is -0.667. The number of imidazole rings is 1. The molecule has 3 N–H and O–H groups in total. The summed E-state index contributed by atoms with van der Waals surface area (Å²) in [7, 11) is 1.96. The van der Waals surface area contributed by atoms with E-state index in [2.05, 4.69) is 15.0 Å². The van der Waals surface area contributed by atoms with Crippen LogP contribution in [0, 0.1) is 0 Å². The molecule has 0 spiro atoms. The molecule has 2 aromatic rings. The van der Waals surface area contributed by atoms with Crippen LogP contribution in [0.4, 0.5) is 5.82 Å². The Kier molecular flexibility index (Phi) is 3.50. The summed E-state index contributed by atoms with van der Waals surface area (Å²) in [6, 6.07) is 0. The van der Waals surface area contributed by atoms with Crippen molar-refractivity contribution < 1.29 is 5.11 Å². The number of likely N-dealkylation sites (N-methyl/N-ethyl adjacent to an activating group) is 1. The smallest absolute Gasteiger partial charge is 0.165 e. The van der Waals surface area contributed by atoms with Gasteiger partial charge in [-0.25, -0.2) is 15.0 Å². The van der Waals surface area contributed by atoms with Gasteiger partial charge in [0.05, 0.1) is 12.9 Å². The first kappa shape index (κ1) is 11.7. The van der Waals surface area contributed by atoms with Gasteiger partial charge in [-0.05, 0) is 7.05 Å². The number of aliphatic hydroxyl groups is 1. The molecule has 0 radical (unpaired) electrons. The van der Waals surface area contributed by atoms with Gasteiger partial charge in [0, 0.05) is 19.6 Å². The van der Waals surface area contributed by atoms with Crippen LogP contribution in [0.1, 0.15) is 0 Å². The first-order chi connectivity index (χ1) is 8.22. The molecule has 0 bridgehead atoms. The van der Waals surface area contributed by atoms with Crippen molar-refractivity contribution in [3.8, 4) is 0 Å². The van der Waals surface area contributed by atoms with Crippen LogP contribution in [-0.2, 0) is 6.54 Å². The lowest BCUT2D eigenvalue weighted by Gasteiger charge is -2.15. The maximum atomic E-state index is 8.80. The quantitative estimate of drug-likeness (QED) is 0.715. The van der Waals surface area contributed by atoms with Crippen molar-refractivity contribution in [2.24, 2.45) is 0 Å². The van der Waals surface area contributed by atoms with Gasteiger partial charge in [-0.3, -0.25) is 0 Å². The SMILES string of the molecule is CN(CCO)CCn1cnc2c(N)ncnc21. The monoisotopic (exact) mass is 236 g/mol. The molecule has 0 fully saturated rings. The number of fused-ring (bicyclic) bond motifs is 1. The molecule has 92 valence electrons. The molecule has 0 saturated heterocycles. The molecule has 0 aliphatic heterocycles. The number of aromatic nitrogens is 4. The van der Waals surface area contributed by atoms with Crippen molar-refractivity contribution in [3.05, 3.63) is 12.7 Å². The van der Waals surface area contributed by atoms with E-state index in [9.17, 15) is 0 Å². The summed E-state index contributed by atoms with van der Waals surface area (Å²) < 4.78 is 1.93. The topological polar surface area (TPSA) is 93.1 Å². The van der Waals surface area contributed by atoms with Crippen LogP contribution in [0.5, 0.6) is 0 Å². The van der Waals surface area contributed by atoms with E-state index in [-0.39, 0.29) is 6.61 Å². The molecule has 7 nitrogen and oxygen atoms in total. The molecule has 2 rings (SSSR count). The minimum Gasteiger partial charge on any atom is -0.395 e. The average molecular weight is 236 g/mol. The van der Waals surface area contributed by atoms with Gasteiger partial charge in [0.1, 0.15) is 11.8 Å². The third kappa shape index (κ3) is 2.51. The summed E-state index contributed by atoms with van der Waals surface area (Å²) >= 11 is 0. The van der Waals surface area contributed by atoms with E-state index in [1.165, 1.54) is 6.33 Å². The molecule has 7 heteroatoms. The van der Waals surface area contributed by atoms with Crippen LogP contribution in [0.15, 0.2) is 12.7 Å². The Bertz CT molecular complexity index is 497. The third-order valence-corrected chi connectivity index (χ3v) is 2.63. The molecule has 0 amide bonds. The second-order valence-electron chi connectivity index (χ2n) is 3.90. The Morgan fingerprint density at radius 2 is 2.18 bits per heavy atom. The second kappa shape index (κ2) is 5.07. The number of nitrogens with zero attached hydrogens (tertiary/aromatic N) is 5. The maximum Gasteiger partial charge on any atom is 0.165 e. The highest BCUT2D eigenvalue weighted by Crippen LogP contribution is 2.13. The Morgan fingerprint density at radius 3 is 2.94 bits per heavy atom. The molecule has 0 aliphatic carbocycles. The zero-order valence-electron chi connectivity index (χ0n) is 9.74. The molecule has 0 atom stereocenters. The van der Waals surface area contributed by atoms with Crippen molar-refractivity contribution in [2.75, 3.05) is 32.5 Å². The Labute approximate surface area is 98.9 Å². The van der Waals surface area contributed by atoms with E-state index in [4.69, 9.17) is 10.8 Å². The van der Waals surface area contributed by atoms with E-state index in [0.717, 1.165) is 18.7 Å². The second-order valence-corrected chi connectivity index (χ2v) is 3.90. The van der Waals surface area contributed by atoms with Gasteiger partial charge < -0.3 is 20.3 Å². The molecule has 17 heavy (non-hydrogen) atoms. The van der Waals surface area contributed by atoms with Gasteiger partial charge >= 0.3 is 0 Å². The van der Waals surface area contributed by atoms with Crippen LogP contribution in [0.3, 0.4) is 0 Å². The molecular formula is C10H16N6O. The molecule has 0 aliphatic rings. The van der Waals surface area contributed by atoms with Gasteiger partial charge in [0.15, 0.2) is 11.5 Å². The standard InChI is InChI=1S/C10H16N6O/c1-15(4-5-17)2-3-16-7-14-8-9(11)12-6-13-10(8)16/h6-7,17H,2-5H2,1H3,(H2,11,12,13). The highest BCUT2D eigenvalue weighted by atomic mass is 16.3. The Morgan fingerprint density at radius 1 is 1.35 bits per heavy atom. The van der Waals surface area contributed by atoms with E-state index in [1.807, 2.05) is 16.5 Å².